The Kier molecular flexibility index (Phi) is 4.46. The van der Waals surface area contributed by atoms with E-state index in [4.69, 9.17) is 9.47 Å². The molecule has 2 aromatic rings. The van der Waals surface area contributed by atoms with Gasteiger partial charge in [0, 0.05) is 11.3 Å². The Labute approximate surface area is 118 Å². The molecule has 2 rings (SSSR count). The van der Waals surface area contributed by atoms with E-state index in [1.807, 2.05) is 42.5 Å². The smallest absolute Gasteiger partial charge is 0.167 e. The molecule has 0 amide bonds. The Morgan fingerprint density at radius 1 is 1.00 bits per heavy atom. The minimum atomic E-state index is -0.512. The minimum Gasteiger partial charge on any atom is -0.493 e. The van der Waals surface area contributed by atoms with Crippen molar-refractivity contribution >= 4 is 5.69 Å². The van der Waals surface area contributed by atoms with Gasteiger partial charge in [0.15, 0.2) is 11.5 Å². The third-order valence-electron chi connectivity index (χ3n) is 2.96. The van der Waals surface area contributed by atoms with Crippen molar-refractivity contribution in [1.82, 2.24) is 0 Å². The van der Waals surface area contributed by atoms with E-state index in [0.717, 1.165) is 11.3 Å². The van der Waals surface area contributed by atoms with E-state index in [0.29, 0.717) is 11.5 Å². The Morgan fingerprint density at radius 2 is 1.75 bits per heavy atom. The normalized spacial score (nSPS) is 11.2. The molecule has 2 aromatic carbocycles. The van der Waals surface area contributed by atoms with Crippen molar-refractivity contribution < 1.29 is 9.47 Å². The van der Waals surface area contributed by atoms with Gasteiger partial charge in [-0.1, -0.05) is 30.3 Å². The Balaban J connectivity index is 2.35. The van der Waals surface area contributed by atoms with E-state index >= 15 is 0 Å². The van der Waals surface area contributed by atoms with Crippen LogP contribution in [0.15, 0.2) is 48.5 Å². The van der Waals surface area contributed by atoms with E-state index in [-0.39, 0.29) is 0 Å². The zero-order chi connectivity index (χ0) is 14.4. The summed E-state index contributed by atoms with van der Waals surface area (Å²) in [6.45, 7) is 0. The van der Waals surface area contributed by atoms with Crippen molar-refractivity contribution in [1.29, 1.82) is 5.26 Å². The molecule has 0 radical (unpaired) electrons. The van der Waals surface area contributed by atoms with Crippen molar-refractivity contribution in [2.24, 2.45) is 0 Å². The summed E-state index contributed by atoms with van der Waals surface area (Å²) < 4.78 is 10.6. The molecule has 1 N–H and O–H groups in total. The standard InChI is InChI=1S/C16H16N2O2/c1-19-15-10-6-9-13(16(15)20-2)14(11-17)18-12-7-4-3-5-8-12/h3-10,14,18H,1-2H3. The molecule has 1 unspecified atom stereocenters. The maximum Gasteiger partial charge on any atom is 0.167 e. The summed E-state index contributed by atoms with van der Waals surface area (Å²) in [6.07, 6.45) is 0. The highest BCUT2D eigenvalue weighted by molar-refractivity contribution is 5.54. The Bertz CT molecular complexity index is 606. The average molecular weight is 268 g/mol. The van der Waals surface area contributed by atoms with E-state index in [9.17, 15) is 5.26 Å². The summed E-state index contributed by atoms with van der Waals surface area (Å²) in [5, 5.41) is 12.6. The molecule has 0 spiro atoms. The van der Waals surface area contributed by atoms with Crippen LogP contribution >= 0.6 is 0 Å². The molecule has 0 saturated carbocycles. The van der Waals surface area contributed by atoms with E-state index < -0.39 is 6.04 Å². The van der Waals surface area contributed by atoms with Gasteiger partial charge < -0.3 is 14.8 Å². The first-order valence-corrected chi connectivity index (χ1v) is 6.22. The first-order valence-electron chi connectivity index (χ1n) is 6.22. The first kappa shape index (κ1) is 13.8. The average Bonchev–Trinajstić information content (AvgIpc) is 2.52. The number of nitrogens with one attached hydrogen (secondary N) is 1. The molecule has 0 aliphatic carbocycles. The molecule has 0 aliphatic rings. The summed E-state index contributed by atoms with van der Waals surface area (Å²) in [7, 11) is 3.14. The molecular formula is C16H16N2O2. The van der Waals surface area contributed by atoms with Crippen LogP contribution in [0.25, 0.3) is 0 Å². The van der Waals surface area contributed by atoms with Crippen molar-refractivity contribution in [2.75, 3.05) is 19.5 Å². The predicted octanol–water partition coefficient (Wildman–Crippen LogP) is 3.38. The van der Waals surface area contributed by atoms with Crippen LogP contribution in [0.2, 0.25) is 0 Å². The maximum atomic E-state index is 9.42. The number of hydrogen-bond donors (Lipinski definition) is 1. The number of methoxy groups -OCH3 is 2. The van der Waals surface area contributed by atoms with Crippen molar-refractivity contribution in [3.63, 3.8) is 0 Å². The highest BCUT2D eigenvalue weighted by atomic mass is 16.5. The number of benzene rings is 2. The van der Waals surface area contributed by atoms with Crippen LogP contribution in [0, 0.1) is 11.3 Å². The molecule has 0 saturated heterocycles. The molecule has 102 valence electrons. The second kappa shape index (κ2) is 6.48. The van der Waals surface area contributed by atoms with Gasteiger partial charge in [-0.3, -0.25) is 0 Å². The summed E-state index contributed by atoms with van der Waals surface area (Å²) in [4.78, 5) is 0. The van der Waals surface area contributed by atoms with Crippen molar-refractivity contribution in [3.05, 3.63) is 54.1 Å². The molecule has 4 heteroatoms. The number of para-hydroxylation sites is 2. The van der Waals surface area contributed by atoms with Crippen LogP contribution in [-0.2, 0) is 0 Å². The minimum absolute atomic E-state index is 0.512. The maximum absolute atomic E-state index is 9.42. The zero-order valence-corrected chi connectivity index (χ0v) is 11.5. The number of hydrogen-bond acceptors (Lipinski definition) is 4. The van der Waals surface area contributed by atoms with Gasteiger partial charge >= 0.3 is 0 Å². The van der Waals surface area contributed by atoms with Gasteiger partial charge in [0.2, 0.25) is 0 Å². The molecule has 0 fully saturated rings. The van der Waals surface area contributed by atoms with E-state index in [2.05, 4.69) is 11.4 Å². The van der Waals surface area contributed by atoms with Gasteiger partial charge in [0.05, 0.1) is 20.3 Å². The molecule has 20 heavy (non-hydrogen) atoms. The molecule has 0 aromatic heterocycles. The van der Waals surface area contributed by atoms with E-state index in [1.165, 1.54) is 0 Å². The number of rotatable bonds is 5. The van der Waals surface area contributed by atoms with Gasteiger partial charge in [0.1, 0.15) is 6.04 Å². The fourth-order valence-electron chi connectivity index (χ4n) is 2.02. The summed E-state index contributed by atoms with van der Waals surface area (Å²) in [5.74, 6) is 1.19. The van der Waals surface area contributed by atoms with Crippen LogP contribution in [-0.4, -0.2) is 14.2 Å². The van der Waals surface area contributed by atoms with Crippen molar-refractivity contribution in [2.45, 2.75) is 6.04 Å². The van der Waals surface area contributed by atoms with Gasteiger partial charge in [-0.2, -0.15) is 5.26 Å². The highest BCUT2D eigenvalue weighted by Crippen LogP contribution is 2.35. The number of ether oxygens (including phenoxy) is 2. The third kappa shape index (κ3) is 2.83. The topological polar surface area (TPSA) is 54.3 Å². The molecule has 4 nitrogen and oxygen atoms in total. The fraction of sp³-hybridized carbons (Fsp3) is 0.188. The fourth-order valence-corrected chi connectivity index (χ4v) is 2.02. The molecule has 0 bridgehead atoms. The van der Waals surface area contributed by atoms with Crippen LogP contribution in [0.5, 0.6) is 11.5 Å². The molecular weight excluding hydrogens is 252 g/mol. The first-order chi connectivity index (χ1) is 9.80. The summed E-state index contributed by atoms with van der Waals surface area (Å²) in [6, 6.07) is 16.8. The van der Waals surface area contributed by atoms with Crippen LogP contribution in [0.1, 0.15) is 11.6 Å². The molecule has 0 aliphatic heterocycles. The summed E-state index contributed by atoms with van der Waals surface area (Å²) >= 11 is 0. The van der Waals surface area contributed by atoms with Crippen LogP contribution in [0.3, 0.4) is 0 Å². The van der Waals surface area contributed by atoms with Crippen molar-refractivity contribution in [3.8, 4) is 17.6 Å². The monoisotopic (exact) mass is 268 g/mol. The lowest BCUT2D eigenvalue weighted by Crippen LogP contribution is -2.10. The Morgan fingerprint density at radius 3 is 2.35 bits per heavy atom. The van der Waals surface area contributed by atoms with Gasteiger partial charge in [-0.05, 0) is 18.2 Å². The third-order valence-corrected chi connectivity index (χ3v) is 2.96. The second-order valence-corrected chi connectivity index (χ2v) is 4.16. The quantitative estimate of drug-likeness (QED) is 0.903. The SMILES string of the molecule is COc1cccc(C(C#N)Nc2ccccc2)c1OC. The van der Waals surface area contributed by atoms with Crippen LogP contribution < -0.4 is 14.8 Å². The van der Waals surface area contributed by atoms with Gasteiger partial charge in [-0.15, -0.1) is 0 Å². The number of nitrogens with zero attached hydrogens (tertiary/aromatic N) is 1. The lowest BCUT2D eigenvalue weighted by Gasteiger charge is -2.18. The molecule has 1 atom stereocenters. The summed E-state index contributed by atoms with van der Waals surface area (Å²) in [5.41, 5.74) is 1.63. The Hall–Kier alpha value is -2.67. The molecule has 0 heterocycles. The highest BCUT2D eigenvalue weighted by Gasteiger charge is 2.18. The second-order valence-electron chi connectivity index (χ2n) is 4.16. The largest absolute Gasteiger partial charge is 0.493 e. The zero-order valence-electron chi connectivity index (χ0n) is 11.5. The van der Waals surface area contributed by atoms with Crippen LogP contribution in [0.4, 0.5) is 5.69 Å². The lowest BCUT2D eigenvalue weighted by atomic mass is 10.1. The van der Waals surface area contributed by atoms with Gasteiger partial charge in [-0.25, -0.2) is 0 Å². The predicted molar refractivity (Wildman–Crippen MR) is 78.0 cm³/mol. The lowest BCUT2D eigenvalue weighted by molar-refractivity contribution is 0.351. The van der Waals surface area contributed by atoms with E-state index in [1.54, 1.807) is 20.3 Å². The number of nitriles is 1. The number of anilines is 1. The van der Waals surface area contributed by atoms with Gasteiger partial charge in [0.25, 0.3) is 0 Å².